The number of aromatic nitrogens is 1. The summed E-state index contributed by atoms with van der Waals surface area (Å²) in [6.07, 6.45) is 0.992. The molecule has 0 bridgehead atoms. The van der Waals surface area contributed by atoms with Gasteiger partial charge in [-0.15, -0.1) is 11.3 Å². The van der Waals surface area contributed by atoms with E-state index in [9.17, 15) is 4.79 Å². The molecule has 1 atom stereocenters. The molecule has 1 fully saturated rings. The van der Waals surface area contributed by atoms with Gasteiger partial charge in [-0.2, -0.15) is 0 Å². The van der Waals surface area contributed by atoms with Crippen LogP contribution in [0.2, 0.25) is 0 Å². The number of likely N-dealkylation sites (tertiary alicyclic amines) is 1. The lowest BCUT2D eigenvalue weighted by molar-refractivity contribution is 0.0477. The Kier molecular flexibility index (Phi) is 3.54. The van der Waals surface area contributed by atoms with Gasteiger partial charge in [-0.25, -0.2) is 4.98 Å². The molecule has 104 valence electrons. The molecular formula is C15H17N3OS. The summed E-state index contributed by atoms with van der Waals surface area (Å²) in [7, 11) is 0. The first-order valence-electron chi connectivity index (χ1n) is 6.74. The van der Waals surface area contributed by atoms with Crippen LogP contribution in [0.5, 0.6) is 0 Å². The molecule has 1 aromatic carbocycles. The number of thiazole rings is 1. The normalized spacial score (nSPS) is 17.9. The zero-order valence-corrected chi connectivity index (χ0v) is 12.2. The molecule has 0 aliphatic carbocycles. The summed E-state index contributed by atoms with van der Waals surface area (Å²) >= 11 is 1.57. The van der Waals surface area contributed by atoms with Gasteiger partial charge in [0.1, 0.15) is 5.69 Å². The molecule has 2 aromatic rings. The number of carbonyl (C=O) groups excluding carboxylic acids is 1. The molecule has 2 N–H and O–H groups in total. The third kappa shape index (κ3) is 2.23. The summed E-state index contributed by atoms with van der Waals surface area (Å²) in [4.78, 5) is 19.9. The fourth-order valence-corrected chi connectivity index (χ4v) is 3.36. The molecule has 20 heavy (non-hydrogen) atoms. The van der Waals surface area contributed by atoms with Crippen molar-refractivity contribution in [3.05, 3.63) is 41.0 Å². The van der Waals surface area contributed by atoms with Gasteiger partial charge < -0.3 is 10.6 Å². The molecule has 1 aliphatic rings. The van der Waals surface area contributed by atoms with Crippen LogP contribution in [0.4, 0.5) is 0 Å². The molecule has 1 saturated heterocycles. The van der Waals surface area contributed by atoms with Crippen LogP contribution in [0.15, 0.2) is 30.3 Å². The fraction of sp³-hybridized carbons (Fsp3) is 0.333. The van der Waals surface area contributed by atoms with E-state index in [1.165, 1.54) is 0 Å². The quantitative estimate of drug-likeness (QED) is 0.942. The molecule has 2 heterocycles. The Morgan fingerprint density at radius 2 is 2.20 bits per heavy atom. The predicted molar refractivity (Wildman–Crippen MR) is 80.8 cm³/mol. The molecule has 1 unspecified atom stereocenters. The van der Waals surface area contributed by atoms with Gasteiger partial charge in [-0.3, -0.25) is 4.79 Å². The average molecular weight is 287 g/mol. The highest BCUT2D eigenvalue weighted by Crippen LogP contribution is 2.32. The van der Waals surface area contributed by atoms with Crippen LogP contribution in [0, 0.1) is 6.92 Å². The van der Waals surface area contributed by atoms with Crippen LogP contribution in [0.1, 0.15) is 21.9 Å². The van der Waals surface area contributed by atoms with Gasteiger partial charge >= 0.3 is 0 Å². The second-order valence-corrected chi connectivity index (χ2v) is 6.16. The second kappa shape index (κ2) is 5.34. The minimum atomic E-state index is 0.00917. The van der Waals surface area contributed by atoms with Crippen molar-refractivity contribution in [3.63, 3.8) is 0 Å². The summed E-state index contributed by atoms with van der Waals surface area (Å²) in [5.41, 5.74) is 7.30. The topological polar surface area (TPSA) is 59.2 Å². The van der Waals surface area contributed by atoms with Gasteiger partial charge in [0, 0.05) is 19.1 Å². The maximum absolute atomic E-state index is 12.6. The first-order valence-corrected chi connectivity index (χ1v) is 7.56. The Balaban J connectivity index is 1.96. The minimum absolute atomic E-state index is 0.00917. The maximum Gasteiger partial charge on any atom is 0.274 e. The fourth-order valence-electron chi connectivity index (χ4n) is 2.45. The van der Waals surface area contributed by atoms with E-state index < -0.39 is 0 Å². The molecule has 1 aliphatic heterocycles. The lowest BCUT2D eigenvalue weighted by Crippen LogP contribution is -2.54. The van der Waals surface area contributed by atoms with Crippen molar-refractivity contribution in [2.75, 3.05) is 13.1 Å². The molecule has 4 nitrogen and oxygen atoms in total. The number of amides is 1. The van der Waals surface area contributed by atoms with Gasteiger partial charge in [0.05, 0.1) is 9.88 Å². The number of aryl methyl sites for hydroxylation is 1. The van der Waals surface area contributed by atoms with Crippen LogP contribution in [-0.4, -0.2) is 34.9 Å². The standard InChI is InChI=1S/C15H17N3OS/c1-10-17-13(15(19)18-8-7-12(18)9-16)14(20-10)11-5-3-2-4-6-11/h2-6,12H,7-9,16H2,1H3. The number of hydrogen-bond donors (Lipinski definition) is 1. The highest BCUT2D eigenvalue weighted by Gasteiger charge is 2.34. The van der Waals surface area contributed by atoms with Crippen LogP contribution < -0.4 is 5.73 Å². The first-order chi connectivity index (χ1) is 9.70. The molecule has 1 amide bonds. The van der Waals surface area contributed by atoms with E-state index in [0.29, 0.717) is 12.2 Å². The largest absolute Gasteiger partial charge is 0.333 e. The zero-order valence-electron chi connectivity index (χ0n) is 11.4. The van der Waals surface area contributed by atoms with E-state index in [-0.39, 0.29) is 11.9 Å². The molecule has 0 saturated carbocycles. The molecule has 5 heteroatoms. The Bertz CT molecular complexity index is 621. The second-order valence-electron chi connectivity index (χ2n) is 4.95. The summed E-state index contributed by atoms with van der Waals surface area (Å²) in [6.45, 7) is 3.24. The van der Waals surface area contributed by atoms with Gasteiger partial charge in [0.2, 0.25) is 0 Å². The molecule has 3 rings (SSSR count). The minimum Gasteiger partial charge on any atom is -0.333 e. The van der Waals surface area contributed by atoms with Crippen LogP contribution in [0.25, 0.3) is 10.4 Å². The molecule has 1 aromatic heterocycles. The SMILES string of the molecule is Cc1nc(C(=O)N2CCC2CN)c(-c2ccccc2)s1. The molecular weight excluding hydrogens is 270 g/mol. The van der Waals surface area contributed by atoms with E-state index in [1.54, 1.807) is 11.3 Å². The summed E-state index contributed by atoms with van der Waals surface area (Å²) in [6, 6.07) is 10.1. The van der Waals surface area contributed by atoms with E-state index >= 15 is 0 Å². The predicted octanol–water partition coefficient (Wildman–Crippen LogP) is 2.29. The number of carbonyl (C=O) groups is 1. The van der Waals surface area contributed by atoms with Crippen molar-refractivity contribution < 1.29 is 4.79 Å². The van der Waals surface area contributed by atoms with Crippen molar-refractivity contribution in [1.82, 2.24) is 9.88 Å². The van der Waals surface area contributed by atoms with Crippen LogP contribution in [-0.2, 0) is 0 Å². The van der Waals surface area contributed by atoms with Crippen molar-refractivity contribution in [2.45, 2.75) is 19.4 Å². The van der Waals surface area contributed by atoms with Crippen LogP contribution >= 0.6 is 11.3 Å². The maximum atomic E-state index is 12.6. The number of benzene rings is 1. The van der Waals surface area contributed by atoms with E-state index in [4.69, 9.17) is 5.73 Å². The van der Waals surface area contributed by atoms with Crippen molar-refractivity contribution in [2.24, 2.45) is 5.73 Å². The van der Waals surface area contributed by atoms with E-state index in [0.717, 1.165) is 28.4 Å². The summed E-state index contributed by atoms with van der Waals surface area (Å²) < 4.78 is 0. The van der Waals surface area contributed by atoms with E-state index in [1.807, 2.05) is 42.2 Å². The zero-order chi connectivity index (χ0) is 14.1. The average Bonchev–Trinajstić information content (AvgIpc) is 2.81. The number of nitrogens with two attached hydrogens (primary N) is 1. The number of hydrogen-bond acceptors (Lipinski definition) is 4. The monoisotopic (exact) mass is 287 g/mol. The third-order valence-electron chi connectivity index (χ3n) is 3.65. The number of nitrogens with zero attached hydrogens (tertiary/aromatic N) is 2. The Morgan fingerprint density at radius 3 is 2.80 bits per heavy atom. The van der Waals surface area contributed by atoms with Crippen LogP contribution in [0.3, 0.4) is 0 Å². The lowest BCUT2D eigenvalue weighted by atomic mass is 10.0. The lowest BCUT2D eigenvalue weighted by Gasteiger charge is -2.40. The van der Waals surface area contributed by atoms with Gasteiger partial charge in [-0.1, -0.05) is 30.3 Å². The Labute approximate surface area is 122 Å². The van der Waals surface area contributed by atoms with Gasteiger partial charge in [0.25, 0.3) is 5.91 Å². The summed E-state index contributed by atoms with van der Waals surface area (Å²) in [5, 5.41) is 0.914. The Hall–Kier alpha value is -1.72. The number of rotatable bonds is 3. The van der Waals surface area contributed by atoms with Crippen molar-refractivity contribution in [1.29, 1.82) is 0 Å². The Morgan fingerprint density at radius 1 is 1.45 bits per heavy atom. The third-order valence-corrected chi connectivity index (χ3v) is 4.67. The van der Waals surface area contributed by atoms with E-state index in [2.05, 4.69) is 4.98 Å². The van der Waals surface area contributed by atoms with Crippen molar-refractivity contribution >= 4 is 17.2 Å². The van der Waals surface area contributed by atoms with Crippen molar-refractivity contribution in [3.8, 4) is 10.4 Å². The molecule has 0 radical (unpaired) electrons. The highest BCUT2D eigenvalue weighted by molar-refractivity contribution is 7.15. The van der Waals surface area contributed by atoms with Gasteiger partial charge in [0.15, 0.2) is 0 Å². The molecule has 0 spiro atoms. The highest BCUT2D eigenvalue weighted by atomic mass is 32.1. The smallest absolute Gasteiger partial charge is 0.274 e. The van der Waals surface area contributed by atoms with Gasteiger partial charge in [-0.05, 0) is 18.9 Å². The summed E-state index contributed by atoms with van der Waals surface area (Å²) in [5.74, 6) is 0.00917. The first kappa shape index (κ1) is 13.3.